The number of hydrogen-bond acceptors (Lipinski definition) is 6. The van der Waals surface area contributed by atoms with Gasteiger partial charge in [0.1, 0.15) is 10.8 Å². The number of aromatic nitrogens is 3. The van der Waals surface area contributed by atoms with Crippen LogP contribution in [0.2, 0.25) is 5.02 Å². The van der Waals surface area contributed by atoms with Gasteiger partial charge in [-0.05, 0) is 73.9 Å². The summed E-state index contributed by atoms with van der Waals surface area (Å²) < 4.78 is 19.2. The first-order valence-corrected chi connectivity index (χ1v) is 11.9. The van der Waals surface area contributed by atoms with Crippen LogP contribution in [0.4, 0.5) is 0 Å². The lowest BCUT2D eigenvalue weighted by atomic mass is 10.0. The molecule has 4 rings (SSSR count). The molecule has 0 bridgehead atoms. The molecular formula is C28H28ClN3O5. The highest BCUT2D eigenvalue weighted by atomic mass is 35.5. The average Bonchev–Trinajstić information content (AvgIpc) is 2.88. The van der Waals surface area contributed by atoms with Crippen molar-refractivity contribution in [3.63, 3.8) is 0 Å². The summed E-state index contributed by atoms with van der Waals surface area (Å²) in [6, 6.07) is 12.5. The fourth-order valence-electron chi connectivity index (χ4n) is 4.28. The molecule has 0 fully saturated rings. The summed E-state index contributed by atoms with van der Waals surface area (Å²) >= 11 is 6.25. The lowest BCUT2D eigenvalue weighted by molar-refractivity contribution is 0.354. The molecule has 0 aliphatic rings. The molecule has 0 aliphatic heterocycles. The lowest BCUT2D eigenvalue weighted by Crippen LogP contribution is -2.41. The molecule has 2 aromatic carbocycles. The summed E-state index contributed by atoms with van der Waals surface area (Å²) in [7, 11) is 4.75. The highest BCUT2D eigenvalue weighted by molar-refractivity contribution is 6.31. The van der Waals surface area contributed by atoms with Gasteiger partial charge in [0.05, 0.1) is 26.5 Å². The quantitative estimate of drug-likeness (QED) is 0.338. The van der Waals surface area contributed by atoms with Gasteiger partial charge in [0, 0.05) is 24.4 Å². The fourth-order valence-corrected chi connectivity index (χ4v) is 4.54. The van der Waals surface area contributed by atoms with Gasteiger partial charge < -0.3 is 14.2 Å². The Morgan fingerprint density at radius 1 is 0.946 bits per heavy atom. The van der Waals surface area contributed by atoms with Crippen LogP contribution in [0.25, 0.3) is 11.3 Å². The van der Waals surface area contributed by atoms with E-state index in [0.717, 1.165) is 22.3 Å². The van der Waals surface area contributed by atoms with Crippen molar-refractivity contribution in [1.82, 2.24) is 14.1 Å². The summed E-state index contributed by atoms with van der Waals surface area (Å²) in [5, 5.41) is 0.415. The van der Waals surface area contributed by atoms with Crippen LogP contribution >= 0.6 is 11.6 Å². The zero-order valence-electron chi connectivity index (χ0n) is 21.6. The van der Waals surface area contributed by atoms with E-state index in [-0.39, 0.29) is 12.1 Å². The van der Waals surface area contributed by atoms with Crippen LogP contribution in [0.1, 0.15) is 22.3 Å². The Bertz CT molecular complexity index is 1570. The predicted octanol–water partition coefficient (Wildman–Crippen LogP) is 5.05. The zero-order chi connectivity index (χ0) is 26.9. The number of hydrogen-bond donors (Lipinski definition) is 0. The summed E-state index contributed by atoms with van der Waals surface area (Å²) in [6.45, 7) is 5.62. The molecule has 0 radical (unpaired) electrons. The average molecular weight is 522 g/mol. The Hall–Kier alpha value is -4.04. The molecule has 2 heterocycles. The molecule has 4 aromatic rings. The molecule has 2 aromatic heterocycles. The normalized spacial score (nSPS) is 10.9. The number of methoxy groups -OCH3 is 2. The van der Waals surface area contributed by atoms with Crippen molar-refractivity contribution in [2.75, 3.05) is 14.2 Å². The van der Waals surface area contributed by atoms with Gasteiger partial charge in [0.25, 0.3) is 5.56 Å². The second-order valence-electron chi connectivity index (χ2n) is 8.77. The number of nitrogens with zero attached hydrogens (tertiary/aromatic N) is 3. The van der Waals surface area contributed by atoms with Crippen LogP contribution in [0.5, 0.6) is 23.1 Å². The van der Waals surface area contributed by atoms with E-state index in [1.165, 1.54) is 16.2 Å². The molecule has 0 saturated heterocycles. The van der Waals surface area contributed by atoms with E-state index in [1.54, 1.807) is 57.6 Å². The Morgan fingerprint density at radius 3 is 2.32 bits per heavy atom. The van der Waals surface area contributed by atoms with E-state index >= 15 is 0 Å². The monoisotopic (exact) mass is 521 g/mol. The van der Waals surface area contributed by atoms with Crippen molar-refractivity contribution < 1.29 is 14.2 Å². The molecule has 0 saturated carbocycles. The van der Waals surface area contributed by atoms with Crippen LogP contribution in [0.15, 0.2) is 58.3 Å². The van der Waals surface area contributed by atoms with E-state index in [0.29, 0.717) is 39.4 Å². The number of pyridine rings is 1. The highest BCUT2D eigenvalue weighted by Gasteiger charge is 2.18. The van der Waals surface area contributed by atoms with Gasteiger partial charge in [0.2, 0.25) is 5.88 Å². The van der Waals surface area contributed by atoms with Gasteiger partial charge >= 0.3 is 5.69 Å². The summed E-state index contributed by atoms with van der Waals surface area (Å²) in [4.78, 5) is 30.9. The summed E-state index contributed by atoms with van der Waals surface area (Å²) in [5.41, 5.74) is 3.49. The van der Waals surface area contributed by atoms with Gasteiger partial charge in [-0.3, -0.25) is 13.9 Å². The van der Waals surface area contributed by atoms with Crippen molar-refractivity contribution in [3.8, 4) is 34.4 Å². The molecule has 8 nitrogen and oxygen atoms in total. The van der Waals surface area contributed by atoms with Crippen molar-refractivity contribution in [3.05, 3.63) is 96.8 Å². The molecule has 0 N–H and O–H groups in total. The number of benzene rings is 2. The van der Waals surface area contributed by atoms with Gasteiger partial charge in [0.15, 0.2) is 11.5 Å². The zero-order valence-corrected chi connectivity index (χ0v) is 22.3. The maximum atomic E-state index is 13.3. The number of rotatable bonds is 7. The lowest BCUT2D eigenvalue weighted by Gasteiger charge is -2.18. The van der Waals surface area contributed by atoms with Crippen molar-refractivity contribution >= 4 is 11.6 Å². The second kappa shape index (κ2) is 10.5. The van der Waals surface area contributed by atoms with Crippen LogP contribution in [-0.2, 0) is 13.6 Å². The van der Waals surface area contributed by atoms with Gasteiger partial charge in [-0.1, -0.05) is 17.7 Å². The van der Waals surface area contributed by atoms with Crippen molar-refractivity contribution in [2.24, 2.45) is 7.05 Å². The minimum atomic E-state index is -0.421. The number of ether oxygens (including phenoxy) is 3. The smallest absolute Gasteiger partial charge is 0.331 e. The van der Waals surface area contributed by atoms with Crippen molar-refractivity contribution in [2.45, 2.75) is 27.3 Å². The second-order valence-corrected chi connectivity index (χ2v) is 9.18. The first-order chi connectivity index (χ1) is 17.6. The SMILES string of the molecule is COc1ccc(Cn2c(=O)c(C)c(-c3ccc(Oc4ncc(C)cc4Cl)cc3C)n(C)c2=O)cc1OC. The standard InChI is InChI=1S/C28H28ClN3O5/c1-16-11-22(29)26(30-14-16)37-20-8-9-21(17(2)12-20)25-18(3)27(33)32(28(34)31(25)4)15-19-7-10-23(35-5)24(13-19)36-6/h7-14H,15H2,1-6H3. The molecule has 192 valence electrons. The largest absolute Gasteiger partial charge is 0.493 e. The first-order valence-electron chi connectivity index (χ1n) is 11.6. The molecule has 37 heavy (non-hydrogen) atoms. The van der Waals surface area contributed by atoms with E-state index in [1.807, 2.05) is 26.0 Å². The molecule has 0 atom stereocenters. The molecule has 0 spiro atoms. The van der Waals surface area contributed by atoms with Crippen LogP contribution < -0.4 is 25.5 Å². The van der Waals surface area contributed by atoms with Gasteiger partial charge in [-0.15, -0.1) is 0 Å². The molecular weight excluding hydrogens is 494 g/mol. The Kier molecular flexibility index (Phi) is 7.40. The van der Waals surface area contributed by atoms with E-state index in [9.17, 15) is 9.59 Å². The molecule has 9 heteroatoms. The third-order valence-corrected chi connectivity index (χ3v) is 6.45. The summed E-state index contributed by atoms with van der Waals surface area (Å²) in [6.07, 6.45) is 1.68. The maximum absolute atomic E-state index is 13.3. The van der Waals surface area contributed by atoms with E-state index in [2.05, 4.69) is 4.98 Å². The fraction of sp³-hybridized carbons (Fsp3) is 0.250. The minimum Gasteiger partial charge on any atom is -0.493 e. The number of aryl methyl sites for hydroxylation is 2. The van der Waals surface area contributed by atoms with Crippen molar-refractivity contribution in [1.29, 1.82) is 0 Å². The molecule has 0 unspecified atom stereocenters. The molecule has 0 aliphatic carbocycles. The van der Waals surface area contributed by atoms with E-state index < -0.39 is 5.69 Å². The van der Waals surface area contributed by atoms with Crippen LogP contribution in [0.3, 0.4) is 0 Å². The first kappa shape index (κ1) is 26.0. The third kappa shape index (κ3) is 5.11. The predicted molar refractivity (Wildman–Crippen MR) is 144 cm³/mol. The van der Waals surface area contributed by atoms with E-state index in [4.69, 9.17) is 25.8 Å². The topological polar surface area (TPSA) is 84.6 Å². The summed E-state index contributed by atoms with van der Waals surface area (Å²) in [5.74, 6) is 1.95. The third-order valence-electron chi connectivity index (χ3n) is 6.17. The Balaban J connectivity index is 1.71. The minimum absolute atomic E-state index is 0.100. The van der Waals surface area contributed by atoms with Gasteiger partial charge in [-0.25, -0.2) is 9.78 Å². The van der Waals surface area contributed by atoms with Crippen LogP contribution in [0, 0.1) is 20.8 Å². The Morgan fingerprint density at radius 2 is 1.68 bits per heavy atom. The molecule has 0 amide bonds. The number of halogens is 1. The highest BCUT2D eigenvalue weighted by Crippen LogP contribution is 2.32. The Labute approximate surface area is 219 Å². The van der Waals surface area contributed by atoms with Crippen LogP contribution in [-0.4, -0.2) is 28.3 Å². The van der Waals surface area contributed by atoms with Gasteiger partial charge in [-0.2, -0.15) is 0 Å². The maximum Gasteiger partial charge on any atom is 0.331 e.